The summed E-state index contributed by atoms with van der Waals surface area (Å²) in [5.74, 6) is -1.26. The van der Waals surface area contributed by atoms with Crippen molar-refractivity contribution < 1.29 is 18.7 Å². The summed E-state index contributed by atoms with van der Waals surface area (Å²) in [6.07, 6.45) is 0. The molecule has 0 fully saturated rings. The van der Waals surface area contributed by atoms with Gasteiger partial charge >= 0.3 is 11.8 Å². The zero-order valence-corrected chi connectivity index (χ0v) is 9.33. The van der Waals surface area contributed by atoms with Gasteiger partial charge in [0.15, 0.2) is 0 Å². The molecule has 1 aromatic carbocycles. The first-order chi connectivity index (χ1) is 8.13. The maximum absolute atomic E-state index is 12.6. The number of rotatable bonds is 4. The van der Waals surface area contributed by atoms with Crippen molar-refractivity contribution in [1.29, 1.82) is 0 Å². The van der Waals surface area contributed by atoms with Crippen LogP contribution in [0.15, 0.2) is 24.3 Å². The topological polar surface area (TPSA) is 67.4 Å². The number of hydrogen-bond donors (Lipinski definition) is 2. The van der Waals surface area contributed by atoms with Gasteiger partial charge in [0.25, 0.3) is 0 Å². The lowest BCUT2D eigenvalue weighted by molar-refractivity contribution is -0.138. The summed E-state index contributed by atoms with van der Waals surface area (Å²) in [4.78, 5) is 21.8. The third kappa shape index (κ3) is 4.50. The molecule has 0 bridgehead atoms. The lowest BCUT2D eigenvalue weighted by atomic mass is 10.3. The molecule has 0 unspecified atom stereocenters. The highest BCUT2D eigenvalue weighted by Crippen LogP contribution is 2.10. The summed E-state index contributed by atoms with van der Waals surface area (Å²) in [6, 6.07) is 5.52. The highest BCUT2D eigenvalue weighted by molar-refractivity contribution is 6.34. The first-order valence-corrected chi connectivity index (χ1v) is 5.01. The van der Waals surface area contributed by atoms with E-state index in [2.05, 4.69) is 10.6 Å². The van der Waals surface area contributed by atoms with E-state index in [-0.39, 0.29) is 19.0 Å². The van der Waals surface area contributed by atoms with Gasteiger partial charge in [-0.2, -0.15) is 0 Å². The molecule has 17 heavy (non-hydrogen) atoms. The normalized spacial score (nSPS) is 9.53. The lowest BCUT2D eigenvalue weighted by Gasteiger charge is -2.06. The molecular formula is C11H13FN2O3. The van der Waals surface area contributed by atoms with E-state index in [9.17, 15) is 14.0 Å². The van der Waals surface area contributed by atoms with E-state index < -0.39 is 11.8 Å². The molecule has 0 spiro atoms. The van der Waals surface area contributed by atoms with Gasteiger partial charge in [-0.3, -0.25) is 9.59 Å². The molecule has 0 atom stereocenters. The Hall–Kier alpha value is -2.11. The predicted octanol–water partition coefficient (Wildman–Crippen LogP) is 0.0667. The Bertz CT molecular complexity index is 392. The molecular weight excluding hydrogens is 227 g/mol. The van der Waals surface area contributed by atoms with E-state index in [0.717, 1.165) is 0 Å². The van der Waals surface area contributed by atoms with Crippen LogP contribution in [-0.2, 0) is 9.59 Å². The van der Waals surface area contributed by atoms with Crippen LogP contribution < -0.4 is 15.4 Å². The van der Waals surface area contributed by atoms with E-state index >= 15 is 0 Å². The van der Waals surface area contributed by atoms with Crippen molar-refractivity contribution in [1.82, 2.24) is 10.6 Å². The van der Waals surface area contributed by atoms with Crippen LogP contribution in [-0.4, -0.2) is 32.0 Å². The van der Waals surface area contributed by atoms with E-state index in [0.29, 0.717) is 5.75 Å². The number of hydrogen-bond acceptors (Lipinski definition) is 3. The second kappa shape index (κ2) is 6.47. The van der Waals surface area contributed by atoms with Crippen molar-refractivity contribution in [2.24, 2.45) is 0 Å². The second-order valence-corrected chi connectivity index (χ2v) is 3.14. The van der Waals surface area contributed by atoms with Crippen LogP contribution in [0.3, 0.4) is 0 Å². The largest absolute Gasteiger partial charge is 0.492 e. The predicted molar refractivity (Wildman–Crippen MR) is 59.0 cm³/mol. The summed E-state index contributed by atoms with van der Waals surface area (Å²) < 4.78 is 17.8. The molecule has 5 nitrogen and oxygen atoms in total. The van der Waals surface area contributed by atoms with Gasteiger partial charge in [-0.25, -0.2) is 4.39 Å². The molecule has 0 saturated carbocycles. The fourth-order valence-corrected chi connectivity index (χ4v) is 1.06. The van der Waals surface area contributed by atoms with Crippen LogP contribution >= 0.6 is 0 Å². The monoisotopic (exact) mass is 240 g/mol. The summed E-state index contributed by atoms with van der Waals surface area (Å²) >= 11 is 0. The van der Waals surface area contributed by atoms with Gasteiger partial charge in [-0.05, 0) is 24.3 Å². The number of carbonyl (C=O) groups is 2. The average molecular weight is 240 g/mol. The lowest BCUT2D eigenvalue weighted by Crippen LogP contribution is -2.39. The Kier molecular flexibility index (Phi) is 4.93. The zero-order chi connectivity index (χ0) is 12.7. The molecule has 0 aliphatic rings. The Balaban J connectivity index is 2.22. The van der Waals surface area contributed by atoms with E-state index in [4.69, 9.17) is 4.74 Å². The molecule has 1 aromatic rings. The van der Waals surface area contributed by atoms with Crippen molar-refractivity contribution >= 4 is 11.8 Å². The zero-order valence-electron chi connectivity index (χ0n) is 9.33. The number of halogens is 1. The maximum Gasteiger partial charge on any atom is 0.309 e. The van der Waals surface area contributed by atoms with Crippen molar-refractivity contribution in [3.63, 3.8) is 0 Å². The molecule has 0 heterocycles. The van der Waals surface area contributed by atoms with Crippen LogP contribution in [0.25, 0.3) is 0 Å². The smallest absolute Gasteiger partial charge is 0.309 e. The summed E-state index contributed by atoms with van der Waals surface area (Å²) in [5, 5.41) is 4.56. The minimum absolute atomic E-state index is 0.198. The molecule has 6 heteroatoms. The average Bonchev–Trinajstić information content (AvgIpc) is 2.35. The van der Waals surface area contributed by atoms with Crippen LogP contribution in [0.2, 0.25) is 0 Å². The van der Waals surface area contributed by atoms with Crippen LogP contribution in [0.1, 0.15) is 0 Å². The van der Waals surface area contributed by atoms with Gasteiger partial charge in [0, 0.05) is 7.05 Å². The number of ether oxygens (including phenoxy) is 1. The Morgan fingerprint density at radius 3 is 2.47 bits per heavy atom. The molecule has 2 N–H and O–H groups in total. The minimum atomic E-state index is -0.713. The third-order valence-electron chi connectivity index (χ3n) is 1.90. The van der Waals surface area contributed by atoms with Gasteiger partial charge in [0.2, 0.25) is 0 Å². The van der Waals surface area contributed by atoms with Crippen molar-refractivity contribution in [2.45, 2.75) is 0 Å². The van der Waals surface area contributed by atoms with Gasteiger partial charge in [0.05, 0.1) is 6.54 Å². The molecule has 0 aliphatic heterocycles. The van der Waals surface area contributed by atoms with Gasteiger partial charge < -0.3 is 15.4 Å². The number of likely N-dealkylation sites (N-methyl/N-ethyl adjacent to an activating group) is 1. The highest BCUT2D eigenvalue weighted by atomic mass is 19.1. The van der Waals surface area contributed by atoms with E-state index in [1.807, 2.05) is 0 Å². The molecule has 0 aliphatic carbocycles. The van der Waals surface area contributed by atoms with Crippen LogP contribution in [0.4, 0.5) is 4.39 Å². The first-order valence-electron chi connectivity index (χ1n) is 5.01. The van der Waals surface area contributed by atoms with Crippen LogP contribution in [0, 0.1) is 5.82 Å². The van der Waals surface area contributed by atoms with Crippen molar-refractivity contribution in [3.8, 4) is 5.75 Å². The molecule has 92 valence electrons. The minimum Gasteiger partial charge on any atom is -0.492 e. The van der Waals surface area contributed by atoms with Gasteiger partial charge in [-0.1, -0.05) is 0 Å². The fourth-order valence-electron chi connectivity index (χ4n) is 1.06. The number of amides is 2. The Morgan fingerprint density at radius 2 is 1.88 bits per heavy atom. The van der Waals surface area contributed by atoms with Gasteiger partial charge in [-0.15, -0.1) is 0 Å². The van der Waals surface area contributed by atoms with Crippen molar-refractivity contribution in [2.75, 3.05) is 20.2 Å². The molecule has 1 rings (SSSR count). The summed E-state index contributed by atoms with van der Waals surface area (Å²) in [5.41, 5.74) is 0. The Labute approximate surface area is 98.0 Å². The number of carbonyl (C=O) groups excluding carboxylic acids is 2. The highest BCUT2D eigenvalue weighted by Gasteiger charge is 2.09. The molecule has 2 amide bonds. The van der Waals surface area contributed by atoms with Gasteiger partial charge in [0.1, 0.15) is 18.2 Å². The van der Waals surface area contributed by atoms with Crippen LogP contribution in [0.5, 0.6) is 5.75 Å². The maximum atomic E-state index is 12.6. The number of benzene rings is 1. The standard InChI is InChI=1S/C11H13FN2O3/c1-13-10(15)11(16)14-6-7-17-9-4-2-8(12)3-5-9/h2-5H,6-7H2,1H3,(H,13,15)(H,14,16). The molecule has 0 saturated heterocycles. The molecule has 0 radical (unpaired) electrons. The van der Waals surface area contributed by atoms with Crippen molar-refractivity contribution in [3.05, 3.63) is 30.1 Å². The third-order valence-corrected chi connectivity index (χ3v) is 1.90. The number of nitrogens with one attached hydrogen (secondary N) is 2. The van der Waals surface area contributed by atoms with E-state index in [1.165, 1.54) is 31.3 Å². The summed E-state index contributed by atoms with van der Waals surface area (Å²) in [6.45, 7) is 0.401. The Morgan fingerprint density at radius 1 is 1.24 bits per heavy atom. The second-order valence-electron chi connectivity index (χ2n) is 3.14. The first kappa shape index (κ1) is 13.0. The van der Waals surface area contributed by atoms with E-state index in [1.54, 1.807) is 0 Å². The SMILES string of the molecule is CNC(=O)C(=O)NCCOc1ccc(F)cc1. The fraction of sp³-hybridized carbons (Fsp3) is 0.273. The molecule has 0 aromatic heterocycles. The quantitative estimate of drug-likeness (QED) is 0.578. The summed E-state index contributed by atoms with van der Waals surface area (Å²) in [7, 11) is 1.37.